The summed E-state index contributed by atoms with van der Waals surface area (Å²) in [6.45, 7) is 8.27. The van der Waals surface area contributed by atoms with Crippen LogP contribution in [0.25, 0.3) is 4.85 Å². The zero-order valence-electron chi connectivity index (χ0n) is 6.16. The van der Waals surface area contributed by atoms with E-state index in [0.29, 0.717) is 6.42 Å². The Labute approximate surface area is 61.8 Å². The van der Waals surface area contributed by atoms with Gasteiger partial charge in [-0.3, -0.25) is 0 Å². The summed E-state index contributed by atoms with van der Waals surface area (Å²) >= 11 is 0. The Balaban J connectivity index is 3.70. The van der Waals surface area contributed by atoms with Crippen molar-refractivity contribution in [1.29, 1.82) is 0 Å². The van der Waals surface area contributed by atoms with Gasteiger partial charge in [-0.1, -0.05) is 0 Å². The molecule has 58 valence electrons. The third-order valence-corrected chi connectivity index (χ3v) is 2.10. The fourth-order valence-corrected chi connectivity index (χ4v) is 1.22. The monoisotopic (exact) mass is 161 g/mol. The summed E-state index contributed by atoms with van der Waals surface area (Å²) in [4.78, 5) is 3.18. The van der Waals surface area contributed by atoms with Crippen molar-refractivity contribution in [2.24, 2.45) is 0 Å². The quantitative estimate of drug-likeness (QED) is 0.572. The van der Waals surface area contributed by atoms with E-state index in [1.807, 2.05) is 0 Å². The molecule has 4 heteroatoms. The van der Waals surface area contributed by atoms with Crippen molar-refractivity contribution in [2.45, 2.75) is 19.4 Å². The normalized spacial score (nSPS) is 14.1. The van der Waals surface area contributed by atoms with Crippen LogP contribution in [-0.4, -0.2) is 26.5 Å². The Bertz CT molecular complexity index is 225. The molecular weight excluding hydrogens is 150 g/mol. The van der Waals surface area contributed by atoms with Crippen molar-refractivity contribution in [2.75, 3.05) is 12.0 Å². The molecule has 1 atom stereocenters. The van der Waals surface area contributed by atoms with Crippen LogP contribution in [0.4, 0.5) is 0 Å². The number of hydrogen-bond donors (Lipinski definition) is 0. The molecule has 0 saturated carbocycles. The van der Waals surface area contributed by atoms with E-state index in [1.54, 1.807) is 6.92 Å². The van der Waals surface area contributed by atoms with Gasteiger partial charge in [0.15, 0.2) is 0 Å². The largest absolute Gasteiger partial charge is 0.314 e. The van der Waals surface area contributed by atoms with Crippen LogP contribution in [0.1, 0.15) is 13.3 Å². The second-order valence-electron chi connectivity index (χ2n) is 2.40. The van der Waals surface area contributed by atoms with Crippen molar-refractivity contribution < 1.29 is 8.42 Å². The van der Waals surface area contributed by atoms with Gasteiger partial charge in [0.2, 0.25) is 6.04 Å². The highest BCUT2D eigenvalue weighted by molar-refractivity contribution is 7.90. The Morgan fingerprint density at radius 2 is 2.10 bits per heavy atom. The Hall–Kier alpha value is -0.560. The Morgan fingerprint density at radius 3 is 2.40 bits per heavy atom. The smallest absolute Gasteiger partial charge is 0.222 e. The van der Waals surface area contributed by atoms with Gasteiger partial charge in [0.1, 0.15) is 9.84 Å². The lowest BCUT2D eigenvalue weighted by molar-refractivity contribution is 0.597. The van der Waals surface area contributed by atoms with Gasteiger partial charge in [-0.25, -0.2) is 15.0 Å². The zero-order valence-corrected chi connectivity index (χ0v) is 6.98. The van der Waals surface area contributed by atoms with Crippen LogP contribution in [0.2, 0.25) is 0 Å². The predicted octanol–water partition coefficient (Wildman–Crippen LogP) is 0.729. The van der Waals surface area contributed by atoms with Gasteiger partial charge < -0.3 is 4.85 Å². The van der Waals surface area contributed by atoms with Crippen LogP contribution in [0.5, 0.6) is 0 Å². The molecule has 0 aromatic heterocycles. The van der Waals surface area contributed by atoms with Gasteiger partial charge in [0, 0.05) is 19.6 Å². The number of nitrogens with zero attached hydrogens (tertiary/aromatic N) is 1. The number of rotatable bonds is 3. The highest BCUT2D eigenvalue weighted by Gasteiger charge is 2.08. The molecule has 1 unspecified atom stereocenters. The first kappa shape index (κ1) is 9.44. The minimum absolute atomic E-state index is 0.122. The molecule has 0 aliphatic rings. The molecule has 0 bridgehead atoms. The maximum Gasteiger partial charge on any atom is 0.222 e. The lowest BCUT2D eigenvalue weighted by Gasteiger charge is -1.95. The highest BCUT2D eigenvalue weighted by Crippen LogP contribution is 1.98. The van der Waals surface area contributed by atoms with E-state index < -0.39 is 9.84 Å². The van der Waals surface area contributed by atoms with E-state index in [1.165, 1.54) is 6.26 Å². The van der Waals surface area contributed by atoms with Crippen LogP contribution in [-0.2, 0) is 9.84 Å². The molecule has 0 radical (unpaired) electrons. The highest BCUT2D eigenvalue weighted by atomic mass is 32.2. The van der Waals surface area contributed by atoms with Gasteiger partial charge in [-0.05, 0) is 0 Å². The summed E-state index contributed by atoms with van der Waals surface area (Å²) in [5.74, 6) is 0.122. The lowest BCUT2D eigenvalue weighted by Crippen LogP contribution is -2.08. The van der Waals surface area contributed by atoms with E-state index in [-0.39, 0.29) is 11.8 Å². The molecule has 3 nitrogen and oxygen atoms in total. The first-order valence-electron chi connectivity index (χ1n) is 3.00. The molecule has 0 aromatic rings. The first-order chi connectivity index (χ1) is 4.45. The Kier molecular flexibility index (Phi) is 3.37. The lowest BCUT2D eigenvalue weighted by atomic mass is 10.3. The van der Waals surface area contributed by atoms with Gasteiger partial charge >= 0.3 is 0 Å². The van der Waals surface area contributed by atoms with Crippen molar-refractivity contribution in [3.05, 3.63) is 11.4 Å². The molecule has 0 N–H and O–H groups in total. The molecule has 0 aromatic carbocycles. The summed E-state index contributed by atoms with van der Waals surface area (Å²) in [6.07, 6.45) is 1.63. The minimum Gasteiger partial charge on any atom is -0.314 e. The van der Waals surface area contributed by atoms with Crippen LogP contribution >= 0.6 is 0 Å². The van der Waals surface area contributed by atoms with Crippen molar-refractivity contribution in [3.63, 3.8) is 0 Å². The van der Waals surface area contributed by atoms with Crippen molar-refractivity contribution in [3.8, 4) is 0 Å². The molecule has 10 heavy (non-hydrogen) atoms. The molecular formula is C6H11NO2S. The second-order valence-corrected chi connectivity index (χ2v) is 4.66. The van der Waals surface area contributed by atoms with Gasteiger partial charge in [0.25, 0.3) is 0 Å². The summed E-state index contributed by atoms with van der Waals surface area (Å²) in [6, 6.07) is -0.172. The molecule has 0 fully saturated rings. The minimum atomic E-state index is -2.87. The van der Waals surface area contributed by atoms with Gasteiger partial charge in [0.05, 0.1) is 5.75 Å². The summed E-state index contributed by atoms with van der Waals surface area (Å²) in [7, 11) is -2.87. The second kappa shape index (κ2) is 3.57. The topological polar surface area (TPSA) is 38.5 Å². The van der Waals surface area contributed by atoms with Crippen LogP contribution in [0, 0.1) is 6.57 Å². The van der Waals surface area contributed by atoms with Crippen LogP contribution in [0.3, 0.4) is 0 Å². The third-order valence-electron chi connectivity index (χ3n) is 1.13. The Morgan fingerprint density at radius 1 is 1.60 bits per heavy atom. The zero-order chi connectivity index (χ0) is 8.20. The standard InChI is InChI=1S/C6H11NO2S/c1-6(7-2)4-5-10(3,8)9/h6H,4-5H2,1,3H3. The molecule has 0 spiro atoms. The maximum absolute atomic E-state index is 10.5. The SMILES string of the molecule is [C-]#[N+]C(C)CCS(C)(=O)=O. The molecule has 0 heterocycles. The predicted molar refractivity (Wildman–Crippen MR) is 40.4 cm³/mol. The molecule has 0 amide bonds. The summed E-state index contributed by atoms with van der Waals surface area (Å²) in [5, 5.41) is 0. The summed E-state index contributed by atoms with van der Waals surface area (Å²) < 4.78 is 21.1. The van der Waals surface area contributed by atoms with E-state index in [2.05, 4.69) is 4.85 Å². The average Bonchev–Trinajstić information content (AvgIpc) is 1.81. The van der Waals surface area contributed by atoms with E-state index in [4.69, 9.17) is 6.57 Å². The van der Waals surface area contributed by atoms with Gasteiger partial charge in [-0.2, -0.15) is 0 Å². The number of hydrogen-bond acceptors (Lipinski definition) is 2. The fourth-order valence-electron chi connectivity index (χ4n) is 0.449. The van der Waals surface area contributed by atoms with Crippen molar-refractivity contribution in [1.82, 2.24) is 0 Å². The average molecular weight is 161 g/mol. The van der Waals surface area contributed by atoms with Crippen LogP contribution in [0.15, 0.2) is 0 Å². The molecule has 0 aliphatic heterocycles. The summed E-state index contributed by atoms with van der Waals surface area (Å²) in [5.41, 5.74) is 0. The van der Waals surface area contributed by atoms with E-state index in [0.717, 1.165) is 0 Å². The third kappa shape index (κ3) is 5.57. The molecule has 0 saturated heterocycles. The number of sulfone groups is 1. The fraction of sp³-hybridized carbons (Fsp3) is 0.833. The van der Waals surface area contributed by atoms with Crippen molar-refractivity contribution >= 4 is 9.84 Å². The van der Waals surface area contributed by atoms with E-state index in [9.17, 15) is 8.42 Å². The molecule has 0 aliphatic carbocycles. The maximum atomic E-state index is 10.5. The molecule has 0 rings (SSSR count). The first-order valence-corrected chi connectivity index (χ1v) is 5.06. The van der Waals surface area contributed by atoms with Crippen LogP contribution < -0.4 is 0 Å². The van der Waals surface area contributed by atoms with E-state index >= 15 is 0 Å². The van der Waals surface area contributed by atoms with Gasteiger partial charge in [-0.15, -0.1) is 0 Å².